The van der Waals surface area contributed by atoms with Gasteiger partial charge in [-0.1, -0.05) is 0 Å². The fourth-order valence-electron chi connectivity index (χ4n) is 3.44. The van der Waals surface area contributed by atoms with Gasteiger partial charge in [0.05, 0.1) is 0 Å². The molecule has 122 valence electrons. The molecular formula is C15H19N5O2S. The minimum Gasteiger partial charge on any atom is -0.263 e. The summed E-state index contributed by atoms with van der Waals surface area (Å²) < 4.78 is 27.3. The van der Waals surface area contributed by atoms with E-state index in [1.807, 2.05) is 6.92 Å². The van der Waals surface area contributed by atoms with Crippen LogP contribution in [-0.4, -0.2) is 46.0 Å². The van der Waals surface area contributed by atoms with Crippen LogP contribution in [0.3, 0.4) is 0 Å². The zero-order valence-electron chi connectivity index (χ0n) is 12.9. The zero-order chi connectivity index (χ0) is 16.0. The van der Waals surface area contributed by atoms with Crippen LogP contribution in [0, 0.1) is 18.8 Å². The van der Waals surface area contributed by atoms with E-state index in [2.05, 4.69) is 20.2 Å². The summed E-state index contributed by atoms with van der Waals surface area (Å²) in [6.45, 7) is 2.84. The molecule has 1 aliphatic carbocycles. The van der Waals surface area contributed by atoms with E-state index >= 15 is 0 Å². The summed E-state index contributed by atoms with van der Waals surface area (Å²) >= 11 is 0. The van der Waals surface area contributed by atoms with Gasteiger partial charge in [0.25, 0.3) is 0 Å². The molecule has 2 aliphatic rings. The monoisotopic (exact) mass is 333 g/mol. The van der Waals surface area contributed by atoms with Crippen LogP contribution in [0.25, 0.3) is 0 Å². The van der Waals surface area contributed by atoms with Gasteiger partial charge in [0.2, 0.25) is 10.0 Å². The first-order valence-corrected chi connectivity index (χ1v) is 9.29. The number of nitrogens with zero attached hydrogens (tertiary/aromatic N) is 4. The Morgan fingerprint density at radius 3 is 2.74 bits per heavy atom. The predicted octanol–water partition coefficient (Wildman–Crippen LogP) is 1.32. The van der Waals surface area contributed by atoms with E-state index in [9.17, 15) is 8.42 Å². The van der Waals surface area contributed by atoms with Crippen molar-refractivity contribution < 1.29 is 8.42 Å². The second-order valence-electron chi connectivity index (χ2n) is 6.40. The molecule has 2 aromatic heterocycles. The highest BCUT2D eigenvalue weighted by Crippen LogP contribution is 2.47. The molecule has 4 rings (SSSR count). The Balaban J connectivity index is 1.64. The second kappa shape index (κ2) is 5.38. The van der Waals surface area contributed by atoms with Gasteiger partial charge in [-0.15, -0.1) is 0 Å². The van der Waals surface area contributed by atoms with Crippen LogP contribution in [-0.2, 0) is 10.0 Å². The molecule has 2 aromatic rings. The highest BCUT2D eigenvalue weighted by molar-refractivity contribution is 7.89. The van der Waals surface area contributed by atoms with Crippen LogP contribution in [0.4, 0.5) is 0 Å². The maximum Gasteiger partial charge on any atom is 0.244 e. The lowest BCUT2D eigenvalue weighted by Gasteiger charge is -2.16. The van der Waals surface area contributed by atoms with Gasteiger partial charge in [-0.25, -0.2) is 13.4 Å². The number of rotatable bonds is 4. The van der Waals surface area contributed by atoms with Crippen molar-refractivity contribution in [1.29, 1.82) is 0 Å². The number of hydrogen-bond donors (Lipinski definition) is 1. The van der Waals surface area contributed by atoms with Crippen molar-refractivity contribution in [3.8, 4) is 0 Å². The van der Waals surface area contributed by atoms with Crippen LogP contribution in [0.5, 0.6) is 0 Å². The summed E-state index contributed by atoms with van der Waals surface area (Å²) in [6.07, 6.45) is 5.33. The van der Waals surface area contributed by atoms with E-state index in [1.165, 1.54) is 19.0 Å². The third-order valence-corrected chi connectivity index (χ3v) is 6.59. The van der Waals surface area contributed by atoms with Gasteiger partial charge in [-0.3, -0.25) is 10.1 Å². The van der Waals surface area contributed by atoms with E-state index < -0.39 is 10.0 Å². The first kappa shape index (κ1) is 14.8. The second-order valence-corrected chi connectivity index (χ2v) is 8.34. The minimum atomic E-state index is -3.51. The van der Waals surface area contributed by atoms with Gasteiger partial charge >= 0.3 is 0 Å². The molecule has 0 aromatic carbocycles. The summed E-state index contributed by atoms with van der Waals surface area (Å²) in [5.74, 6) is 2.47. The Labute approximate surface area is 135 Å². The molecule has 0 amide bonds. The highest BCUT2D eigenvalue weighted by Gasteiger charge is 2.47. The first-order valence-electron chi connectivity index (χ1n) is 7.85. The van der Waals surface area contributed by atoms with Gasteiger partial charge in [0.15, 0.2) is 5.82 Å². The lowest BCUT2D eigenvalue weighted by atomic mass is 9.91. The maximum atomic E-state index is 12.8. The number of H-pyrrole nitrogens is 1. The molecule has 8 heteroatoms. The summed E-state index contributed by atoms with van der Waals surface area (Å²) in [6, 6.07) is 3.25. The molecule has 0 unspecified atom stereocenters. The molecule has 0 radical (unpaired) electrons. The Hall–Kier alpha value is -1.80. The van der Waals surface area contributed by atoms with Gasteiger partial charge in [-0.2, -0.15) is 9.40 Å². The Morgan fingerprint density at radius 2 is 2.13 bits per heavy atom. The third kappa shape index (κ3) is 2.66. The molecule has 1 saturated carbocycles. The SMILES string of the molecule is Cc1nc([C@@H]2CN(S(=O)(=O)c3cccnc3)C[C@H]2C2CC2)n[nH]1. The van der Waals surface area contributed by atoms with Crippen molar-refractivity contribution in [2.24, 2.45) is 11.8 Å². The van der Waals surface area contributed by atoms with Crippen molar-refractivity contribution in [2.75, 3.05) is 13.1 Å². The molecule has 2 atom stereocenters. The summed E-state index contributed by atoms with van der Waals surface area (Å²) in [5.41, 5.74) is 0. The maximum absolute atomic E-state index is 12.8. The van der Waals surface area contributed by atoms with Crippen LogP contribution >= 0.6 is 0 Å². The molecule has 1 saturated heterocycles. The molecule has 1 aliphatic heterocycles. The molecule has 2 fully saturated rings. The molecule has 1 N–H and O–H groups in total. The average molecular weight is 333 g/mol. The summed E-state index contributed by atoms with van der Waals surface area (Å²) in [7, 11) is -3.51. The molecular weight excluding hydrogens is 314 g/mol. The van der Waals surface area contributed by atoms with Crippen molar-refractivity contribution in [1.82, 2.24) is 24.5 Å². The van der Waals surface area contributed by atoms with E-state index in [0.29, 0.717) is 24.9 Å². The lowest BCUT2D eigenvalue weighted by Crippen LogP contribution is -2.29. The van der Waals surface area contributed by atoms with Crippen molar-refractivity contribution in [3.05, 3.63) is 36.2 Å². The van der Waals surface area contributed by atoms with Gasteiger partial charge in [-0.05, 0) is 43.7 Å². The molecule has 0 spiro atoms. The molecule has 0 bridgehead atoms. The Morgan fingerprint density at radius 1 is 1.30 bits per heavy atom. The normalized spacial score (nSPS) is 25.8. The van der Waals surface area contributed by atoms with Crippen LogP contribution in [0.1, 0.15) is 30.4 Å². The van der Waals surface area contributed by atoms with Crippen molar-refractivity contribution in [3.63, 3.8) is 0 Å². The summed E-state index contributed by atoms with van der Waals surface area (Å²) in [4.78, 5) is 8.63. The average Bonchev–Trinajstić information content (AvgIpc) is 3.14. The Bertz CT molecular complexity index is 800. The van der Waals surface area contributed by atoms with Crippen LogP contribution in [0.15, 0.2) is 29.4 Å². The first-order chi connectivity index (χ1) is 11.1. The van der Waals surface area contributed by atoms with E-state index in [-0.39, 0.29) is 10.8 Å². The van der Waals surface area contributed by atoms with Gasteiger partial charge in [0.1, 0.15) is 10.7 Å². The van der Waals surface area contributed by atoms with Crippen LogP contribution < -0.4 is 0 Å². The van der Waals surface area contributed by atoms with Crippen molar-refractivity contribution >= 4 is 10.0 Å². The van der Waals surface area contributed by atoms with E-state index in [1.54, 1.807) is 22.6 Å². The number of nitrogens with one attached hydrogen (secondary N) is 1. The number of aryl methyl sites for hydroxylation is 1. The number of aromatic amines is 1. The number of aromatic nitrogens is 4. The van der Waals surface area contributed by atoms with E-state index in [4.69, 9.17) is 0 Å². The largest absolute Gasteiger partial charge is 0.263 e. The predicted molar refractivity (Wildman–Crippen MR) is 83.1 cm³/mol. The molecule has 7 nitrogen and oxygen atoms in total. The van der Waals surface area contributed by atoms with Gasteiger partial charge in [0, 0.05) is 31.4 Å². The molecule has 23 heavy (non-hydrogen) atoms. The van der Waals surface area contributed by atoms with Crippen molar-refractivity contribution in [2.45, 2.75) is 30.6 Å². The topological polar surface area (TPSA) is 91.8 Å². The lowest BCUT2D eigenvalue weighted by molar-refractivity contribution is 0.423. The highest BCUT2D eigenvalue weighted by atomic mass is 32.2. The number of hydrogen-bond acceptors (Lipinski definition) is 5. The van der Waals surface area contributed by atoms with Gasteiger partial charge < -0.3 is 0 Å². The Kier molecular flexibility index (Phi) is 3.46. The molecule has 3 heterocycles. The third-order valence-electron chi connectivity index (χ3n) is 4.78. The number of sulfonamides is 1. The fraction of sp³-hybridized carbons (Fsp3) is 0.533. The zero-order valence-corrected chi connectivity index (χ0v) is 13.7. The smallest absolute Gasteiger partial charge is 0.244 e. The standard InChI is InChI=1S/C15H19N5O2S/c1-10-17-15(19-18-10)14-9-20(8-13(14)11-4-5-11)23(21,22)12-3-2-6-16-7-12/h2-3,6-7,11,13-14H,4-5,8-9H2,1H3,(H,17,18,19)/t13-,14+/m0/s1. The van der Waals surface area contributed by atoms with E-state index in [0.717, 1.165) is 11.6 Å². The summed E-state index contributed by atoms with van der Waals surface area (Å²) in [5, 5.41) is 7.15. The minimum absolute atomic E-state index is 0.0684. The van der Waals surface area contributed by atoms with Crippen LogP contribution in [0.2, 0.25) is 0 Å². The quantitative estimate of drug-likeness (QED) is 0.911. The fourth-order valence-corrected chi connectivity index (χ4v) is 4.91. The number of pyridine rings is 1.